The van der Waals surface area contributed by atoms with Crippen LogP contribution in [0.25, 0.3) is 0 Å². The van der Waals surface area contributed by atoms with Gasteiger partial charge in [0.05, 0.1) is 17.3 Å². The zero-order valence-corrected chi connectivity index (χ0v) is 14.0. The summed E-state index contributed by atoms with van der Waals surface area (Å²) in [5.74, 6) is -0.532. The highest BCUT2D eigenvalue weighted by Gasteiger charge is 2.33. The Morgan fingerprint density at radius 1 is 1.12 bits per heavy atom. The minimum absolute atomic E-state index is 0.00877. The normalized spacial score (nSPS) is 12.3. The van der Waals surface area contributed by atoms with Crippen LogP contribution in [0.1, 0.15) is 40.3 Å². The van der Waals surface area contributed by atoms with Gasteiger partial charge in [-0.15, -0.1) is 0 Å². The molecule has 0 saturated carbocycles. The van der Waals surface area contributed by atoms with Crippen LogP contribution >= 0.6 is 0 Å². The summed E-state index contributed by atoms with van der Waals surface area (Å²) >= 11 is 0. The molecule has 1 aromatic heterocycles. The van der Waals surface area contributed by atoms with Crippen LogP contribution in [0.5, 0.6) is 0 Å². The molecule has 0 radical (unpaired) electrons. The number of nitrogens with zero attached hydrogens (tertiary/aromatic N) is 1. The maximum atomic E-state index is 12.6. The second-order valence-electron chi connectivity index (χ2n) is 5.63. The Hall–Kier alpha value is -3.10. The molecule has 1 atom stereocenters. The van der Waals surface area contributed by atoms with E-state index in [-0.39, 0.29) is 11.3 Å². The van der Waals surface area contributed by atoms with Gasteiger partial charge in [-0.1, -0.05) is 12.1 Å². The Kier molecular flexibility index (Phi) is 5.49. The molecule has 0 aliphatic carbocycles. The summed E-state index contributed by atoms with van der Waals surface area (Å²) in [5.41, 5.74) is 5.28. The van der Waals surface area contributed by atoms with Gasteiger partial charge in [-0.25, -0.2) is 9.78 Å². The summed E-state index contributed by atoms with van der Waals surface area (Å²) in [6, 6.07) is 7.39. The zero-order valence-electron chi connectivity index (χ0n) is 14.0. The lowest BCUT2D eigenvalue weighted by Crippen LogP contribution is -2.28. The van der Waals surface area contributed by atoms with Gasteiger partial charge in [0.15, 0.2) is 0 Å². The number of nitrogens with two attached hydrogens (primary N) is 1. The Morgan fingerprint density at radius 3 is 2.23 bits per heavy atom. The molecule has 26 heavy (non-hydrogen) atoms. The molecule has 0 fully saturated rings. The summed E-state index contributed by atoms with van der Waals surface area (Å²) in [6.45, 7) is 3.07. The average molecular weight is 366 g/mol. The molecule has 0 aliphatic rings. The number of pyridine rings is 1. The molecule has 6 nitrogen and oxygen atoms in total. The van der Waals surface area contributed by atoms with Crippen molar-refractivity contribution in [2.75, 3.05) is 5.32 Å². The predicted octanol–water partition coefficient (Wildman–Crippen LogP) is 3.39. The molecule has 1 heterocycles. The standard InChI is InChI=1S/C17H17F3N4O2/c1-9(11-3-5-12(6-4-11)24-16(21)26)23-15(25)13-7-8-14(17(18,19)20)22-10(13)2/h3-9H,1-2H3,(H,23,25)(H3,21,24,26)/t9-/m0/s1. The number of primary amides is 1. The van der Waals surface area contributed by atoms with Gasteiger partial charge in [-0.05, 0) is 43.7 Å². The lowest BCUT2D eigenvalue weighted by atomic mass is 10.1. The van der Waals surface area contributed by atoms with Crippen LogP contribution in [-0.2, 0) is 6.18 Å². The molecule has 2 aromatic rings. The van der Waals surface area contributed by atoms with Crippen molar-refractivity contribution in [2.24, 2.45) is 5.73 Å². The van der Waals surface area contributed by atoms with Gasteiger partial charge in [0, 0.05) is 5.69 Å². The van der Waals surface area contributed by atoms with Crippen molar-refractivity contribution in [1.29, 1.82) is 0 Å². The Labute approximate surface area is 147 Å². The van der Waals surface area contributed by atoms with E-state index in [9.17, 15) is 22.8 Å². The van der Waals surface area contributed by atoms with E-state index < -0.39 is 29.9 Å². The number of urea groups is 1. The molecule has 0 aliphatic heterocycles. The highest BCUT2D eigenvalue weighted by molar-refractivity contribution is 5.95. The maximum absolute atomic E-state index is 12.6. The third-order valence-electron chi connectivity index (χ3n) is 3.65. The van der Waals surface area contributed by atoms with E-state index in [1.165, 1.54) is 6.92 Å². The van der Waals surface area contributed by atoms with Gasteiger partial charge in [0.25, 0.3) is 5.91 Å². The molecule has 1 aromatic carbocycles. The van der Waals surface area contributed by atoms with E-state index in [2.05, 4.69) is 15.6 Å². The number of halogens is 3. The highest BCUT2D eigenvalue weighted by atomic mass is 19.4. The van der Waals surface area contributed by atoms with Crippen molar-refractivity contribution in [3.63, 3.8) is 0 Å². The molecular weight excluding hydrogens is 349 g/mol. The van der Waals surface area contributed by atoms with Crippen LogP contribution in [0.2, 0.25) is 0 Å². The van der Waals surface area contributed by atoms with Crippen LogP contribution in [0.15, 0.2) is 36.4 Å². The number of aromatic nitrogens is 1. The van der Waals surface area contributed by atoms with Gasteiger partial charge >= 0.3 is 12.2 Å². The van der Waals surface area contributed by atoms with E-state index in [1.54, 1.807) is 31.2 Å². The number of carbonyl (C=O) groups excluding carboxylic acids is 2. The lowest BCUT2D eigenvalue weighted by Gasteiger charge is -2.16. The van der Waals surface area contributed by atoms with Crippen LogP contribution in [0.4, 0.5) is 23.7 Å². The molecule has 0 spiro atoms. The van der Waals surface area contributed by atoms with Gasteiger partial charge in [-0.2, -0.15) is 13.2 Å². The maximum Gasteiger partial charge on any atom is 0.433 e. The van der Waals surface area contributed by atoms with E-state index >= 15 is 0 Å². The molecular formula is C17H17F3N4O2. The molecule has 0 unspecified atom stereocenters. The minimum Gasteiger partial charge on any atom is -0.351 e. The van der Waals surface area contributed by atoms with E-state index in [0.29, 0.717) is 5.69 Å². The van der Waals surface area contributed by atoms with Gasteiger partial charge < -0.3 is 16.4 Å². The molecule has 0 bridgehead atoms. The largest absolute Gasteiger partial charge is 0.433 e. The van der Waals surface area contributed by atoms with Crippen molar-refractivity contribution in [3.8, 4) is 0 Å². The summed E-state index contributed by atoms with van der Waals surface area (Å²) in [5, 5.41) is 5.11. The first-order valence-corrected chi connectivity index (χ1v) is 7.60. The van der Waals surface area contributed by atoms with Crippen molar-refractivity contribution < 1.29 is 22.8 Å². The molecule has 9 heteroatoms. The number of rotatable bonds is 4. The first kappa shape index (κ1) is 19.2. The second kappa shape index (κ2) is 7.42. The third kappa shape index (κ3) is 4.71. The molecule has 3 amide bonds. The minimum atomic E-state index is -4.56. The fraction of sp³-hybridized carbons (Fsp3) is 0.235. The second-order valence-corrected chi connectivity index (χ2v) is 5.63. The number of hydrogen-bond acceptors (Lipinski definition) is 3. The first-order valence-electron chi connectivity index (χ1n) is 7.60. The van der Waals surface area contributed by atoms with Gasteiger partial charge in [-0.3, -0.25) is 4.79 Å². The number of carbonyl (C=O) groups is 2. The monoisotopic (exact) mass is 366 g/mol. The van der Waals surface area contributed by atoms with Crippen LogP contribution in [0, 0.1) is 6.92 Å². The summed E-state index contributed by atoms with van der Waals surface area (Å²) in [6.07, 6.45) is -4.56. The fourth-order valence-electron chi connectivity index (χ4n) is 2.31. The fourth-order valence-corrected chi connectivity index (χ4v) is 2.31. The summed E-state index contributed by atoms with van der Waals surface area (Å²) in [4.78, 5) is 26.5. The smallest absolute Gasteiger partial charge is 0.351 e. The molecule has 2 rings (SSSR count). The number of aryl methyl sites for hydroxylation is 1. The zero-order chi connectivity index (χ0) is 19.5. The molecule has 138 valence electrons. The van der Waals surface area contributed by atoms with Crippen molar-refractivity contribution in [2.45, 2.75) is 26.1 Å². The van der Waals surface area contributed by atoms with E-state index in [0.717, 1.165) is 17.7 Å². The summed E-state index contributed by atoms with van der Waals surface area (Å²) in [7, 11) is 0. The van der Waals surface area contributed by atoms with Crippen molar-refractivity contribution in [1.82, 2.24) is 10.3 Å². The van der Waals surface area contributed by atoms with E-state index in [1.807, 2.05) is 0 Å². The first-order chi connectivity index (χ1) is 12.1. The summed E-state index contributed by atoms with van der Waals surface area (Å²) < 4.78 is 37.9. The van der Waals surface area contributed by atoms with Gasteiger partial charge in [0.1, 0.15) is 5.69 Å². The van der Waals surface area contributed by atoms with Crippen molar-refractivity contribution in [3.05, 3.63) is 58.9 Å². The van der Waals surface area contributed by atoms with E-state index in [4.69, 9.17) is 5.73 Å². The molecule has 0 saturated heterocycles. The lowest BCUT2D eigenvalue weighted by molar-refractivity contribution is -0.141. The molecule has 4 N–H and O–H groups in total. The van der Waals surface area contributed by atoms with Gasteiger partial charge in [0.2, 0.25) is 0 Å². The third-order valence-corrected chi connectivity index (χ3v) is 3.65. The average Bonchev–Trinajstić information content (AvgIpc) is 2.53. The quantitative estimate of drug-likeness (QED) is 0.774. The SMILES string of the molecule is Cc1nc(C(F)(F)F)ccc1C(=O)N[C@@H](C)c1ccc(NC(N)=O)cc1. The number of hydrogen-bond donors (Lipinski definition) is 3. The Bertz CT molecular complexity index is 820. The number of amides is 3. The predicted molar refractivity (Wildman–Crippen MR) is 89.5 cm³/mol. The van der Waals surface area contributed by atoms with Crippen LogP contribution in [-0.4, -0.2) is 16.9 Å². The van der Waals surface area contributed by atoms with Crippen LogP contribution < -0.4 is 16.4 Å². The number of benzene rings is 1. The topological polar surface area (TPSA) is 97.1 Å². The highest BCUT2D eigenvalue weighted by Crippen LogP contribution is 2.28. The number of anilines is 1. The Morgan fingerprint density at radius 2 is 1.73 bits per heavy atom. The number of nitrogens with one attached hydrogen (secondary N) is 2. The van der Waals surface area contributed by atoms with Crippen molar-refractivity contribution >= 4 is 17.6 Å². The number of alkyl halides is 3. The van der Waals surface area contributed by atoms with Crippen LogP contribution in [0.3, 0.4) is 0 Å². The Balaban J connectivity index is 2.10.